The summed E-state index contributed by atoms with van der Waals surface area (Å²) >= 11 is 0. The lowest BCUT2D eigenvalue weighted by Crippen LogP contribution is -2.34. The molecule has 1 N–H and O–H groups in total. The highest BCUT2D eigenvalue weighted by Gasteiger charge is 2.33. The fourth-order valence-electron chi connectivity index (χ4n) is 2.33. The summed E-state index contributed by atoms with van der Waals surface area (Å²) in [5.41, 5.74) is -0.236. The van der Waals surface area contributed by atoms with Gasteiger partial charge in [-0.1, -0.05) is 19.3 Å². The van der Waals surface area contributed by atoms with Crippen molar-refractivity contribution >= 4 is 5.97 Å². The lowest BCUT2D eigenvalue weighted by atomic mass is 9.75. The first-order chi connectivity index (χ1) is 8.26. The Hall–Kier alpha value is -1.29. The highest BCUT2D eigenvalue weighted by atomic mass is 16.5. The van der Waals surface area contributed by atoms with Gasteiger partial charge in [0.25, 0.3) is 0 Å². The molecule has 1 aromatic rings. The summed E-state index contributed by atoms with van der Waals surface area (Å²) in [5, 5.41) is 9.47. The Kier molecular flexibility index (Phi) is 3.84. The molecule has 0 aliphatic heterocycles. The first kappa shape index (κ1) is 12.2. The molecule has 0 spiro atoms. The van der Waals surface area contributed by atoms with Gasteiger partial charge in [-0.2, -0.15) is 0 Å². The number of carbonyl (C=O) groups excluding carboxylic acids is 1. The predicted octanol–water partition coefficient (Wildman–Crippen LogP) is 2.38. The van der Waals surface area contributed by atoms with E-state index >= 15 is 0 Å². The average Bonchev–Trinajstić information content (AvgIpc) is 2.91. The van der Waals surface area contributed by atoms with E-state index in [1.54, 1.807) is 12.1 Å². The van der Waals surface area contributed by atoms with E-state index in [2.05, 4.69) is 0 Å². The van der Waals surface area contributed by atoms with Crippen LogP contribution in [0, 0.1) is 5.41 Å². The van der Waals surface area contributed by atoms with E-state index in [9.17, 15) is 9.90 Å². The van der Waals surface area contributed by atoms with Crippen LogP contribution >= 0.6 is 0 Å². The van der Waals surface area contributed by atoms with Gasteiger partial charge in [-0.15, -0.1) is 0 Å². The molecule has 0 aromatic carbocycles. The number of furan rings is 1. The highest BCUT2D eigenvalue weighted by Crippen LogP contribution is 2.36. The van der Waals surface area contributed by atoms with Crippen molar-refractivity contribution in [2.24, 2.45) is 5.41 Å². The summed E-state index contributed by atoms with van der Waals surface area (Å²) < 4.78 is 10.2. The summed E-state index contributed by atoms with van der Waals surface area (Å²) in [6, 6.07) is 3.23. The predicted molar refractivity (Wildman–Crippen MR) is 61.6 cm³/mol. The molecule has 1 aliphatic rings. The highest BCUT2D eigenvalue weighted by molar-refractivity contribution is 5.86. The normalized spacial score (nSPS) is 18.9. The Labute approximate surface area is 101 Å². The summed E-state index contributed by atoms with van der Waals surface area (Å²) in [7, 11) is 0. The second-order valence-corrected chi connectivity index (χ2v) is 4.77. The second-order valence-electron chi connectivity index (χ2n) is 4.77. The van der Waals surface area contributed by atoms with Gasteiger partial charge in [0, 0.05) is 5.41 Å². The van der Waals surface area contributed by atoms with Crippen molar-refractivity contribution in [1.82, 2.24) is 0 Å². The number of hydrogen-bond acceptors (Lipinski definition) is 4. The molecule has 0 bridgehead atoms. The zero-order valence-electron chi connectivity index (χ0n) is 9.85. The Morgan fingerprint density at radius 1 is 1.41 bits per heavy atom. The summed E-state index contributed by atoms with van der Waals surface area (Å²) in [5.74, 6) is -0.234. The van der Waals surface area contributed by atoms with Crippen LogP contribution in [-0.4, -0.2) is 24.3 Å². The molecule has 1 fully saturated rings. The van der Waals surface area contributed by atoms with Crippen molar-refractivity contribution < 1.29 is 19.1 Å². The van der Waals surface area contributed by atoms with Crippen molar-refractivity contribution in [2.45, 2.75) is 32.1 Å². The van der Waals surface area contributed by atoms with Crippen LogP contribution in [0.3, 0.4) is 0 Å². The third-order valence-corrected chi connectivity index (χ3v) is 3.48. The molecule has 1 aliphatic carbocycles. The maximum Gasteiger partial charge on any atom is 0.374 e. The molecule has 4 heteroatoms. The Morgan fingerprint density at radius 3 is 2.76 bits per heavy atom. The number of aliphatic hydroxyl groups is 1. The van der Waals surface area contributed by atoms with Crippen LogP contribution in [-0.2, 0) is 4.74 Å². The van der Waals surface area contributed by atoms with Crippen LogP contribution in [0.5, 0.6) is 0 Å². The number of aliphatic hydroxyl groups excluding tert-OH is 1. The monoisotopic (exact) mass is 238 g/mol. The number of carbonyl (C=O) groups is 1. The molecule has 17 heavy (non-hydrogen) atoms. The van der Waals surface area contributed by atoms with Crippen LogP contribution < -0.4 is 0 Å². The van der Waals surface area contributed by atoms with Crippen LogP contribution in [0.4, 0.5) is 0 Å². The number of rotatable bonds is 4. The van der Waals surface area contributed by atoms with E-state index < -0.39 is 5.97 Å². The van der Waals surface area contributed by atoms with E-state index in [4.69, 9.17) is 9.15 Å². The second kappa shape index (κ2) is 5.36. The maximum atomic E-state index is 11.6. The molecular weight excluding hydrogens is 220 g/mol. The smallest absolute Gasteiger partial charge is 0.374 e. The first-order valence-corrected chi connectivity index (χ1v) is 6.07. The van der Waals surface area contributed by atoms with Gasteiger partial charge in [0.05, 0.1) is 19.5 Å². The van der Waals surface area contributed by atoms with Gasteiger partial charge >= 0.3 is 5.97 Å². The fourth-order valence-corrected chi connectivity index (χ4v) is 2.33. The molecule has 1 saturated carbocycles. The van der Waals surface area contributed by atoms with Crippen LogP contribution in [0.1, 0.15) is 42.7 Å². The van der Waals surface area contributed by atoms with E-state index in [0.717, 1.165) is 25.7 Å². The van der Waals surface area contributed by atoms with Crippen LogP contribution in [0.15, 0.2) is 22.8 Å². The lowest BCUT2D eigenvalue weighted by molar-refractivity contribution is -0.00801. The minimum absolute atomic E-state index is 0.0818. The third kappa shape index (κ3) is 2.88. The van der Waals surface area contributed by atoms with Gasteiger partial charge in [0.2, 0.25) is 5.76 Å². The third-order valence-electron chi connectivity index (χ3n) is 3.48. The van der Waals surface area contributed by atoms with Gasteiger partial charge in [-0.25, -0.2) is 4.79 Å². The quantitative estimate of drug-likeness (QED) is 0.818. The largest absolute Gasteiger partial charge is 0.459 e. The van der Waals surface area contributed by atoms with E-state index in [1.807, 2.05) is 0 Å². The van der Waals surface area contributed by atoms with Crippen molar-refractivity contribution in [1.29, 1.82) is 0 Å². The molecule has 2 rings (SSSR count). The maximum absolute atomic E-state index is 11.6. The minimum atomic E-state index is -0.451. The fraction of sp³-hybridized carbons (Fsp3) is 0.615. The van der Waals surface area contributed by atoms with Gasteiger partial charge in [0.15, 0.2) is 0 Å². The Balaban J connectivity index is 1.89. The van der Waals surface area contributed by atoms with E-state index in [-0.39, 0.29) is 24.4 Å². The molecule has 94 valence electrons. The zero-order chi connectivity index (χ0) is 12.1. The Bertz CT molecular complexity index is 350. The van der Waals surface area contributed by atoms with E-state index in [1.165, 1.54) is 12.7 Å². The van der Waals surface area contributed by atoms with Crippen molar-refractivity contribution in [3.63, 3.8) is 0 Å². The van der Waals surface area contributed by atoms with Crippen molar-refractivity contribution in [3.8, 4) is 0 Å². The summed E-state index contributed by atoms with van der Waals surface area (Å²) in [6.45, 7) is 0.363. The standard InChI is InChI=1S/C13H18O4/c14-9-13(6-2-1-3-7-13)10-17-12(15)11-5-4-8-16-11/h4-5,8,14H,1-3,6-7,9-10H2. The topological polar surface area (TPSA) is 59.7 Å². The molecule has 1 heterocycles. The number of ether oxygens (including phenoxy) is 1. The molecular formula is C13H18O4. The van der Waals surface area contributed by atoms with Gasteiger partial charge < -0.3 is 14.3 Å². The Morgan fingerprint density at radius 2 is 2.18 bits per heavy atom. The first-order valence-electron chi connectivity index (χ1n) is 6.07. The molecule has 0 saturated heterocycles. The molecule has 0 unspecified atom stereocenters. The molecule has 0 radical (unpaired) electrons. The number of hydrogen-bond donors (Lipinski definition) is 1. The average molecular weight is 238 g/mol. The molecule has 0 amide bonds. The molecule has 0 atom stereocenters. The van der Waals surface area contributed by atoms with Crippen LogP contribution in [0.25, 0.3) is 0 Å². The summed E-state index contributed by atoms with van der Waals surface area (Å²) in [4.78, 5) is 11.6. The van der Waals surface area contributed by atoms with Gasteiger partial charge in [-0.3, -0.25) is 0 Å². The van der Waals surface area contributed by atoms with E-state index in [0.29, 0.717) is 0 Å². The summed E-state index contributed by atoms with van der Waals surface area (Å²) in [6.07, 6.45) is 6.69. The minimum Gasteiger partial charge on any atom is -0.459 e. The lowest BCUT2D eigenvalue weighted by Gasteiger charge is -2.34. The molecule has 4 nitrogen and oxygen atoms in total. The van der Waals surface area contributed by atoms with Crippen LogP contribution in [0.2, 0.25) is 0 Å². The molecule has 1 aromatic heterocycles. The van der Waals surface area contributed by atoms with Gasteiger partial charge in [0.1, 0.15) is 0 Å². The number of esters is 1. The van der Waals surface area contributed by atoms with Crippen molar-refractivity contribution in [2.75, 3.05) is 13.2 Å². The zero-order valence-corrected chi connectivity index (χ0v) is 9.85. The SMILES string of the molecule is O=C(OCC1(CO)CCCCC1)c1ccco1. The van der Waals surface area contributed by atoms with Gasteiger partial charge in [-0.05, 0) is 25.0 Å². The van der Waals surface area contributed by atoms with Crippen molar-refractivity contribution in [3.05, 3.63) is 24.2 Å².